The van der Waals surface area contributed by atoms with E-state index in [-0.39, 0.29) is 5.97 Å². The second kappa shape index (κ2) is 8.51. The Kier molecular flexibility index (Phi) is 7.34. The van der Waals surface area contributed by atoms with E-state index in [2.05, 4.69) is 5.32 Å². The van der Waals surface area contributed by atoms with E-state index < -0.39 is 5.54 Å². The van der Waals surface area contributed by atoms with Crippen LogP contribution in [0.25, 0.3) is 0 Å². The highest BCUT2D eigenvalue weighted by atomic mass is 16.5. The summed E-state index contributed by atoms with van der Waals surface area (Å²) in [4.78, 5) is 11.9. The summed E-state index contributed by atoms with van der Waals surface area (Å²) in [5, 5.41) is 3.19. The Bertz CT molecular complexity index is 266. The number of hydrogen-bond donors (Lipinski definition) is 1. The van der Waals surface area contributed by atoms with E-state index in [9.17, 15) is 4.79 Å². The van der Waals surface area contributed by atoms with Crippen LogP contribution in [0.15, 0.2) is 0 Å². The summed E-state index contributed by atoms with van der Waals surface area (Å²) in [7, 11) is 0. The van der Waals surface area contributed by atoms with Crippen LogP contribution in [-0.4, -0.2) is 51.1 Å². The van der Waals surface area contributed by atoms with Gasteiger partial charge in [0.2, 0.25) is 0 Å². The molecule has 0 saturated carbocycles. The van der Waals surface area contributed by atoms with Crippen LogP contribution in [-0.2, 0) is 19.0 Å². The molecule has 1 aliphatic rings. The largest absolute Gasteiger partial charge is 0.465 e. The van der Waals surface area contributed by atoms with Crippen LogP contribution in [0.2, 0.25) is 0 Å². The van der Waals surface area contributed by atoms with Gasteiger partial charge in [-0.25, -0.2) is 0 Å². The fourth-order valence-electron chi connectivity index (χ4n) is 2.18. The average Bonchev–Trinajstić information content (AvgIpc) is 2.88. The molecule has 0 amide bonds. The fraction of sp³-hybridized carbons (Fsp3) is 0.929. The second-order valence-electron chi connectivity index (χ2n) is 5.14. The third kappa shape index (κ3) is 5.47. The lowest BCUT2D eigenvalue weighted by Gasteiger charge is -2.28. The van der Waals surface area contributed by atoms with Crippen LogP contribution >= 0.6 is 0 Å². The molecule has 1 heterocycles. The van der Waals surface area contributed by atoms with E-state index in [1.165, 1.54) is 0 Å². The Morgan fingerprint density at radius 2 is 2.26 bits per heavy atom. The first kappa shape index (κ1) is 16.4. The van der Waals surface area contributed by atoms with Gasteiger partial charge in [-0.1, -0.05) is 6.92 Å². The van der Waals surface area contributed by atoms with Crippen molar-refractivity contribution in [2.24, 2.45) is 5.92 Å². The summed E-state index contributed by atoms with van der Waals surface area (Å²) in [6.45, 7) is 9.70. The molecule has 19 heavy (non-hydrogen) atoms. The van der Waals surface area contributed by atoms with Crippen LogP contribution in [0.5, 0.6) is 0 Å². The molecule has 0 aromatic rings. The van der Waals surface area contributed by atoms with Gasteiger partial charge in [0.25, 0.3) is 0 Å². The van der Waals surface area contributed by atoms with Crippen LogP contribution in [0.1, 0.15) is 33.6 Å². The maximum Gasteiger partial charge on any atom is 0.326 e. The highest BCUT2D eigenvalue weighted by Crippen LogP contribution is 2.15. The molecule has 5 heteroatoms. The maximum atomic E-state index is 11.9. The summed E-state index contributed by atoms with van der Waals surface area (Å²) in [6.07, 6.45) is 1.69. The summed E-state index contributed by atoms with van der Waals surface area (Å²) in [5.41, 5.74) is -0.656. The Balaban J connectivity index is 2.29. The van der Waals surface area contributed by atoms with Crippen molar-refractivity contribution in [3.8, 4) is 0 Å². The fourth-order valence-corrected chi connectivity index (χ4v) is 2.18. The molecule has 1 rings (SSSR count). The van der Waals surface area contributed by atoms with Crippen molar-refractivity contribution in [2.45, 2.75) is 39.2 Å². The summed E-state index contributed by atoms with van der Waals surface area (Å²) in [5.74, 6) is 0.303. The third-order valence-electron chi connectivity index (χ3n) is 3.42. The number of ether oxygens (including phenoxy) is 3. The number of hydrogen-bond acceptors (Lipinski definition) is 5. The van der Waals surface area contributed by atoms with E-state index in [0.717, 1.165) is 26.2 Å². The van der Waals surface area contributed by atoms with Crippen molar-refractivity contribution < 1.29 is 19.0 Å². The molecule has 1 aliphatic heterocycles. The molecule has 5 nitrogen and oxygen atoms in total. The highest BCUT2D eigenvalue weighted by molar-refractivity contribution is 5.80. The van der Waals surface area contributed by atoms with Gasteiger partial charge in [-0.15, -0.1) is 0 Å². The molecule has 112 valence electrons. The number of nitrogens with one attached hydrogen (secondary N) is 1. The van der Waals surface area contributed by atoms with Gasteiger partial charge >= 0.3 is 5.97 Å². The molecule has 1 saturated heterocycles. The van der Waals surface area contributed by atoms with Crippen molar-refractivity contribution in [1.82, 2.24) is 5.32 Å². The standard InChI is InChI=1S/C14H27NO4/c1-4-15-14(3,13(16)19-5-2)7-9-18-11-12-6-8-17-10-12/h12,15H,4-11H2,1-3H3. The van der Waals surface area contributed by atoms with Gasteiger partial charge in [0.15, 0.2) is 0 Å². The van der Waals surface area contributed by atoms with E-state index in [1.54, 1.807) is 0 Å². The van der Waals surface area contributed by atoms with Gasteiger partial charge in [-0.2, -0.15) is 0 Å². The normalized spacial score (nSPS) is 22.2. The molecule has 2 atom stereocenters. The van der Waals surface area contributed by atoms with Gasteiger partial charge in [-0.3, -0.25) is 4.79 Å². The second-order valence-corrected chi connectivity index (χ2v) is 5.14. The first-order chi connectivity index (χ1) is 9.12. The van der Waals surface area contributed by atoms with E-state index in [0.29, 0.717) is 32.2 Å². The van der Waals surface area contributed by atoms with Gasteiger partial charge in [0.1, 0.15) is 5.54 Å². The van der Waals surface area contributed by atoms with Crippen LogP contribution in [0.4, 0.5) is 0 Å². The molecule has 0 aromatic heterocycles. The quantitative estimate of drug-likeness (QED) is 0.508. The van der Waals surface area contributed by atoms with Crippen molar-refractivity contribution in [2.75, 3.05) is 39.6 Å². The Morgan fingerprint density at radius 3 is 2.84 bits per heavy atom. The number of carbonyl (C=O) groups excluding carboxylic acids is 1. The van der Waals surface area contributed by atoms with Gasteiger partial charge in [0, 0.05) is 19.1 Å². The zero-order valence-electron chi connectivity index (χ0n) is 12.4. The molecule has 0 bridgehead atoms. The van der Waals surface area contributed by atoms with Gasteiger partial charge in [-0.05, 0) is 33.2 Å². The van der Waals surface area contributed by atoms with Gasteiger partial charge < -0.3 is 19.5 Å². The summed E-state index contributed by atoms with van der Waals surface area (Å²) < 4.78 is 16.1. The number of likely N-dealkylation sites (N-methyl/N-ethyl adjacent to an activating group) is 1. The molecule has 1 fully saturated rings. The first-order valence-electron chi connectivity index (χ1n) is 7.20. The minimum Gasteiger partial charge on any atom is -0.465 e. The number of carbonyl (C=O) groups is 1. The SMILES string of the molecule is CCNC(C)(CCOCC1CCOC1)C(=O)OCC. The van der Waals surface area contributed by atoms with E-state index in [1.807, 2.05) is 20.8 Å². The Morgan fingerprint density at radius 1 is 1.47 bits per heavy atom. The molecule has 0 radical (unpaired) electrons. The molecular formula is C14H27NO4. The lowest BCUT2D eigenvalue weighted by atomic mass is 9.98. The third-order valence-corrected chi connectivity index (χ3v) is 3.42. The molecule has 0 aromatic carbocycles. The zero-order valence-corrected chi connectivity index (χ0v) is 12.4. The maximum absolute atomic E-state index is 11.9. The van der Waals surface area contributed by atoms with Crippen LogP contribution in [0.3, 0.4) is 0 Å². The first-order valence-corrected chi connectivity index (χ1v) is 7.20. The monoisotopic (exact) mass is 273 g/mol. The lowest BCUT2D eigenvalue weighted by molar-refractivity contribution is -0.151. The number of rotatable bonds is 9. The smallest absolute Gasteiger partial charge is 0.326 e. The van der Waals surface area contributed by atoms with E-state index >= 15 is 0 Å². The Hall–Kier alpha value is -0.650. The average molecular weight is 273 g/mol. The van der Waals surface area contributed by atoms with Crippen LogP contribution < -0.4 is 5.32 Å². The minimum absolute atomic E-state index is 0.204. The zero-order chi connectivity index (χ0) is 14.1. The van der Waals surface area contributed by atoms with Crippen molar-refractivity contribution in [3.05, 3.63) is 0 Å². The van der Waals surface area contributed by atoms with Crippen molar-refractivity contribution in [3.63, 3.8) is 0 Å². The Labute approximate surface area is 116 Å². The number of esters is 1. The molecule has 0 spiro atoms. The predicted molar refractivity (Wildman–Crippen MR) is 73.1 cm³/mol. The topological polar surface area (TPSA) is 56.8 Å². The minimum atomic E-state index is -0.656. The van der Waals surface area contributed by atoms with Crippen molar-refractivity contribution >= 4 is 5.97 Å². The molecule has 0 aliphatic carbocycles. The lowest BCUT2D eigenvalue weighted by Crippen LogP contribution is -2.51. The van der Waals surface area contributed by atoms with Gasteiger partial charge in [0.05, 0.1) is 19.8 Å². The summed E-state index contributed by atoms with van der Waals surface area (Å²) >= 11 is 0. The predicted octanol–water partition coefficient (Wildman–Crippen LogP) is 1.36. The molecule has 1 N–H and O–H groups in total. The highest BCUT2D eigenvalue weighted by Gasteiger charge is 2.33. The van der Waals surface area contributed by atoms with E-state index in [4.69, 9.17) is 14.2 Å². The van der Waals surface area contributed by atoms with Crippen LogP contribution in [0, 0.1) is 5.92 Å². The summed E-state index contributed by atoms with van der Waals surface area (Å²) in [6, 6.07) is 0. The molecule has 2 unspecified atom stereocenters. The molecular weight excluding hydrogens is 246 g/mol. The van der Waals surface area contributed by atoms with Crippen molar-refractivity contribution in [1.29, 1.82) is 0 Å².